The number of fused-ring (bicyclic) bond motifs is 1. The number of ether oxygens (including phenoxy) is 2. The number of benzene rings is 2. The average molecular weight is 418 g/mol. The smallest absolute Gasteiger partial charge is 0.344 e. The van der Waals surface area contributed by atoms with E-state index < -0.39 is 11.9 Å². The Bertz CT molecular complexity index is 950. The molecule has 26 heavy (non-hydrogen) atoms. The maximum Gasteiger partial charge on any atom is 0.344 e. The van der Waals surface area contributed by atoms with Crippen molar-refractivity contribution in [1.82, 2.24) is 0 Å². The zero-order chi connectivity index (χ0) is 18.5. The molecule has 0 saturated carbocycles. The van der Waals surface area contributed by atoms with E-state index in [2.05, 4.69) is 15.9 Å². The number of rotatable bonds is 7. The summed E-state index contributed by atoms with van der Waals surface area (Å²) in [4.78, 5) is 22.9. The molecule has 0 aliphatic heterocycles. The molecule has 3 rings (SSSR count). The lowest BCUT2D eigenvalue weighted by Gasteiger charge is -2.07. The van der Waals surface area contributed by atoms with E-state index in [1.807, 2.05) is 24.3 Å². The van der Waals surface area contributed by atoms with E-state index in [0.717, 1.165) is 21.2 Å². The second kappa shape index (κ2) is 8.05. The number of halogens is 1. The van der Waals surface area contributed by atoms with Gasteiger partial charge in [-0.25, -0.2) is 4.79 Å². The highest BCUT2D eigenvalue weighted by Crippen LogP contribution is 2.23. The Labute approximate surface area is 158 Å². The largest absolute Gasteiger partial charge is 0.482 e. The molecule has 0 spiro atoms. The summed E-state index contributed by atoms with van der Waals surface area (Å²) in [6.45, 7) is -0.0696. The third-order valence-corrected chi connectivity index (χ3v) is 4.11. The van der Waals surface area contributed by atoms with Gasteiger partial charge in [-0.3, -0.25) is 4.79 Å². The van der Waals surface area contributed by atoms with Crippen LogP contribution in [-0.2, 0) is 16.0 Å². The SMILES string of the molecule is NC(=O)c1cccc(OCC(=O)OCCc2cc3cc(Br)ccc3o2)c1. The number of furan rings is 1. The minimum absolute atomic E-state index is 0.185. The fourth-order valence-corrected chi connectivity index (χ4v) is 2.76. The number of primary amides is 1. The zero-order valence-corrected chi connectivity index (χ0v) is 15.3. The number of esters is 1. The minimum Gasteiger partial charge on any atom is -0.482 e. The summed E-state index contributed by atoms with van der Waals surface area (Å²) < 4.78 is 17.1. The van der Waals surface area contributed by atoms with Crippen LogP contribution in [0, 0.1) is 0 Å². The van der Waals surface area contributed by atoms with Crippen LogP contribution in [0.1, 0.15) is 16.1 Å². The molecule has 2 aromatic carbocycles. The molecule has 6 nitrogen and oxygen atoms in total. The van der Waals surface area contributed by atoms with Crippen molar-refractivity contribution < 1.29 is 23.5 Å². The quantitative estimate of drug-likeness (QED) is 0.594. The highest BCUT2D eigenvalue weighted by atomic mass is 79.9. The van der Waals surface area contributed by atoms with Crippen LogP contribution in [0.3, 0.4) is 0 Å². The van der Waals surface area contributed by atoms with Crippen LogP contribution in [0.15, 0.2) is 57.4 Å². The first kappa shape index (κ1) is 18.0. The van der Waals surface area contributed by atoms with Crippen molar-refractivity contribution in [2.45, 2.75) is 6.42 Å². The molecule has 0 aliphatic rings. The molecule has 0 radical (unpaired) electrons. The van der Waals surface area contributed by atoms with Crippen molar-refractivity contribution in [2.24, 2.45) is 5.73 Å². The van der Waals surface area contributed by atoms with Gasteiger partial charge in [-0.1, -0.05) is 22.0 Å². The van der Waals surface area contributed by atoms with E-state index in [0.29, 0.717) is 17.7 Å². The number of carbonyl (C=O) groups is 2. The van der Waals surface area contributed by atoms with E-state index in [9.17, 15) is 9.59 Å². The molecule has 2 N–H and O–H groups in total. The molecule has 0 fully saturated rings. The molecule has 1 heterocycles. The van der Waals surface area contributed by atoms with E-state index in [1.165, 1.54) is 6.07 Å². The molecule has 1 aromatic heterocycles. The number of hydrogen-bond acceptors (Lipinski definition) is 5. The molecule has 7 heteroatoms. The van der Waals surface area contributed by atoms with Gasteiger partial charge >= 0.3 is 5.97 Å². The summed E-state index contributed by atoms with van der Waals surface area (Å²) >= 11 is 3.41. The van der Waals surface area contributed by atoms with Gasteiger partial charge < -0.3 is 19.6 Å². The second-order valence-corrected chi connectivity index (χ2v) is 6.46. The maximum absolute atomic E-state index is 11.8. The van der Waals surface area contributed by atoms with Gasteiger partial charge in [0.1, 0.15) is 17.1 Å². The molecule has 0 unspecified atom stereocenters. The van der Waals surface area contributed by atoms with Crippen molar-refractivity contribution in [3.8, 4) is 5.75 Å². The predicted molar refractivity (Wildman–Crippen MR) is 99.0 cm³/mol. The highest BCUT2D eigenvalue weighted by Gasteiger charge is 2.09. The van der Waals surface area contributed by atoms with Crippen molar-refractivity contribution >= 4 is 38.8 Å². The maximum atomic E-state index is 11.8. The van der Waals surface area contributed by atoms with Crippen LogP contribution in [0.4, 0.5) is 0 Å². The summed E-state index contributed by atoms with van der Waals surface area (Å²) in [6.07, 6.45) is 0.467. The van der Waals surface area contributed by atoms with Crippen LogP contribution >= 0.6 is 15.9 Å². The third kappa shape index (κ3) is 4.64. The number of amides is 1. The van der Waals surface area contributed by atoms with Gasteiger partial charge in [-0.2, -0.15) is 0 Å². The molecule has 0 bridgehead atoms. The summed E-state index contributed by atoms with van der Waals surface area (Å²) in [5, 5.41) is 0.985. The number of carbonyl (C=O) groups excluding carboxylic acids is 2. The Kier molecular flexibility index (Phi) is 5.58. The van der Waals surface area contributed by atoms with Gasteiger partial charge in [0, 0.05) is 21.8 Å². The molecular weight excluding hydrogens is 402 g/mol. The van der Waals surface area contributed by atoms with Gasteiger partial charge in [0.2, 0.25) is 5.91 Å². The first-order valence-corrected chi connectivity index (χ1v) is 8.67. The topological polar surface area (TPSA) is 91.8 Å². The lowest BCUT2D eigenvalue weighted by Crippen LogP contribution is -2.16. The highest BCUT2D eigenvalue weighted by molar-refractivity contribution is 9.10. The molecule has 1 amide bonds. The van der Waals surface area contributed by atoms with Crippen LogP contribution in [0.25, 0.3) is 11.0 Å². The monoisotopic (exact) mass is 417 g/mol. The summed E-state index contributed by atoms with van der Waals surface area (Å²) in [6, 6.07) is 14.0. The van der Waals surface area contributed by atoms with Crippen LogP contribution in [0.2, 0.25) is 0 Å². The van der Waals surface area contributed by atoms with Gasteiger partial charge in [-0.05, 0) is 42.5 Å². The van der Waals surface area contributed by atoms with Crippen molar-refractivity contribution in [3.05, 3.63) is 64.3 Å². The summed E-state index contributed by atoms with van der Waals surface area (Å²) in [5.74, 6) is 0.0475. The average Bonchev–Trinajstić information content (AvgIpc) is 3.02. The standard InChI is InChI=1S/C19H16BrNO5/c20-14-4-5-17-13(8-14)10-16(26-17)6-7-24-18(22)11-25-15-3-1-2-12(9-15)19(21)23/h1-5,8-10H,6-7,11H2,(H2,21,23). The number of nitrogens with two attached hydrogens (primary N) is 1. The Hall–Kier alpha value is -2.80. The molecule has 0 atom stereocenters. The van der Waals surface area contributed by atoms with Gasteiger partial charge in [0.15, 0.2) is 6.61 Å². The predicted octanol–water partition coefficient (Wildman–Crippen LogP) is 3.46. The summed E-state index contributed by atoms with van der Waals surface area (Å²) in [5.41, 5.74) is 6.29. The van der Waals surface area contributed by atoms with Crippen LogP contribution < -0.4 is 10.5 Å². The van der Waals surface area contributed by atoms with Crippen LogP contribution in [-0.4, -0.2) is 25.1 Å². The van der Waals surface area contributed by atoms with E-state index in [1.54, 1.807) is 18.2 Å². The van der Waals surface area contributed by atoms with E-state index >= 15 is 0 Å². The first-order valence-electron chi connectivity index (χ1n) is 7.87. The van der Waals surface area contributed by atoms with Crippen molar-refractivity contribution in [3.63, 3.8) is 0 Å². The Balaban J connectivity index is 1.46. The fourth-order valence-electron chi connectivity index (χ4n) is 2.38. The lowest BCUT2D eigenvalue weighted by molar-refractivity contribution is -0.145. The number of hydrogen-bond donors (Lipinski definition) is 1. The minimum atomic E-state index is -0.559. The van der Waals surface area contributed by atoms with E-state index in [-0.39, 0.29) is 13.2 Å². The van der Waals surface area contributed by atoms with Gasteiger partial charge in [0.25, 0.3) is 0 Å². The lowest BCUT2D eigenvalue weighted by atomic mass is 10.2. The fraction of sp³-hybridized carbons (Fsp3) is 0.158. The molecule has 0 saturated heterocycles. The molecule has 3 aromatic rings. The second-order valence-electron chi connectivity index (χ2n) is 5.55. The normalized spacial score (nSPS) is 10.7. The molecular formula is C19H16BrNO5. The van der Waals surface area contributed by atoms with Crippen molar-refractivity contribution in [1.29, 1.82) is 0 Å². The Morgan fingerprint density at radius 2 is 1.96 bits per heavy atom. The van der Waals surface area contributed by atoms with Crippen molar-refractivity contribution in [2.75, 3.05) is 13.2 Å². The summed E-state index contributed by atoms with van der Waals surface area (Å²) in [7, 11) is 0. The first-order chi connectivity index (χ1) is 12.5. The van der Waals surface area contributed by atoms with Gasteiger partial charge in [-0.15, -0.1) is 0 Å². The Morgan fingerprint density at radius 3 is 2.77 bits per heavy atom. The van der Waals surface area contributed by atoms with E-state index in [4.69, 9.17) is 19.6 Å². The van der Waals surface area contributed by atoms with Crippen LogP contribution in [0.5, 0.6) is 5.75 Å². The molecule has 0 aliphatic carbocycles. The Morgan fingerprint density at radius 1 is 1.12 bits per heavy atom. The third-order valence-electron chi connectivity index (χ3n) is 3.62. The molecule has 134 valence electrons. The van der Waals surface area contributed by atoms with Gasteiger partial charge in [0.05, 0.1) is 6.61 Å². The zero-order valence-electron chi connectivity index (χ0n) is 13.7.